The number of aliphatic carboxylic acids is 1. The zero-order chi connectivity index (χ0) is 21.1. The van der Waals surface area contributed by atoms with Crippen LogP contribution >= 0.6 is 11.8 Å². The van der Waals surface area contributed by atoms with Crippen LogP contribution in [-0.4, -0.2) is 33.4 Å². The molecule has 1 heterocycles. The third-order valence-electron chi connectivity index (χ3n) is 5.80. The zero-order valence-corrected chi connectivity index (χ0v) is 18.3. The Morgan fingerprint density at radius 1 is 1.03 bits per heavy atom. The molecule has 0 bridgehead atoms. The number of carboxylic acid groups (broad SMARTS) is 1. The summed E-state index contributed by atoms with van der Waals surface area (Å²) in [5, 5.41) is 10.0. The maximum absolute atomic E-state index is 11.3. The van der Waals surface area contributed by atoms with E-state index in [1.807, 2.05) is 12.1 Å². The van der Waals surface area contributed by atoms with Crippen molar-refractivity contribution in [2.24, 2.45) is 9.98 Å². The first-order valence-corrected chi connectivity index (χ1v) is 11.4. The van der Waals surface area contributed by atoms with Crippen LogP contribution in [0.3, 0.4) is 0 Å². The molecule has 4 rings (SSSR count). The third kappa shape index (κ3) is 4.15. The van der Waals surface area contributed by atoms with E-state index in [4.69, 9.17) is 9.98 Å². The molecule has 0 unspecified atom stereocenters. The SMILES string of the molecule is Cc1ccc(N=C2N=C(SCC(=O)O)N(c3ccc(C)cc3)C23CCCCC3)cc1. The van der Waals surface area contributed by atoms with Crippen molar-refractivity contribution in [2.75, 3.05) is 10.7 Å². The Labute approximate surface area is 181 Å². The van der Waals surface area contributed by atoms with Crippen molar-refractivity contribution in [3.63, 3.8) is 0 Å². The van der Waals surface area contributed by atoms with Crippen LogP contribution in [0.1, 0.15) is 43.2 Å². The molecular formula is C24H27N3O2S. The topological polar surface area (TPSA) is 65.3 Å². The van der Waals surface area contributed by atoms with Gasteiger partial charge < -0.3 is 10.0 Å². The normalized spacial score (nSPS) is 19.3. The molecule has 0 radical (unpaired) electrons. The van der Waals surface area contributed by atoms with Crippen molar-refractivity contribution >= 4 is 40.1 Å². The lowest BCUT2D eigenvalue weighted by atomic mass is 9.79. The van der Waals surface area contributed by atoms with Crippen LogP contribution in [-0.2, 0) is 4.79 Å². The van der Waals surface area contributed by atoms with E-state index in [1.165, 1.54) is 29.3 Å². The van der Waals surface area contributed by atoms with E-state index >= 15 is 0 Å². The van der Waals surface area contributed by atoms with Crippen LogP contribution < -0.4 is 4.90 Å². The van der Waals surface area contributed by atoms with Crippen molar-refractivity contribution in [2.45, 2.75) is 51.5 Å². The summed E-state index contributed by atoms with van der Waals surface area (Å²) in [4.78, 5) is 23.4. The van der Waals surface area contributed by atoms with Gasteiger partial charge in [-0.25, -0.2) is 9.98 Å². The maximum Gasteiger partial charge on any atom is 0.313 e. The second kappa shape index (κ2) is 8.64. The van der Waals surface area contributed by atoms with Gasteiger partial charge in [-0.2, -0.15) is 0 Å². The Morgan fingerprint density at radius 2 is 1.63 bits per heavy atom. The molecule has 0 atom stereocenters. The minimum absolute atomic E-state index is 0.0188. The summed E-state index contributed by atoms with van der Waals surface area (Å²) in [6, 6.07) is 16.6. The number of amidine groups is 2. The molecule has 1 aliphatic heterocycles. The van der Waals surface area contributed by atoms with Gasteiger partial charge in [0.1, 0.15) is 5.54 Å². The number of benzene rings is 2. The van der Waals surface area contributed by atoms with Gasteiger partial charge in [-0.1, -0.05) is 66.4 Å². The van der Waals surface area contributed by atoms with Gasteiger partial charge in [-0.05, 0) is 51.0 Å². The van der Waals surface area contributed by atoms with Crippen molar-refractivity contribution in [1.82, 2.24) is 0 Å². The average Bonchev–Trinajstić information content (AvgIpc) is 3.02. The largest absolute Gasteiger partial charge is 0.481 e. The van der Waals surface area contributed by atoms with E-state index in [1.54, 1.807) is 0 Å². The quantitative estimate of drug-likeness (QED) is 0.685. The molecule has 1 aliphatic carbocycles. The Hall–Kier alpha value is -2.60. The number of anilines is 1. The smallest absolute Gasteiger partial charge is 0.313 e. The van der Waals surface area contributed by atoms with E-state index in [2.05, 4.69) is 55.1 Å². The highest BCUT2D eigenvalue weighted by molar-refractivity contribution is 8.14. The minimum atomic E-state index is -0.840. The first kappa shape index (κ1) is 20.7. The highest BCUT2D eigenvalue weighted by Gasteiger charge is 2.49. The van der Waals surface area contributed by atoms with E-state index < -0.39 is 5.97 Å². The number of thioether (sulfide) groups is 1. The molecular weight excluding hydrogens is 394 g/mol. The molecule has 2 aromatic rings. The molecule has 1 spiro atoms. The van der Waals surface area contributed by atoms with Crippen LogP contribution in [0.5, 0.6) is 0 Å². The van der Waals surface area contributed by atoms with Crippen molar-refractivity contribution in [3.8, 4) is 0 Å². The molecule has 2 aromatic carbocycles. The predicted molar refractivity (Wildman–Crippen MR) is 125 cm³/mol. The minimum Gasteiger partial charge on any atom is -0.481 e. The fourth-order valence-electron chi connectivity index (χ4n) is 4.26. The second-order valence-corrected chi connectivity index (χ2v) is 9.05. The van der Waals surface area contributed by atoms with Gasteiger partial charge in [0, 0.05) is 5.69 Å². The summed E-state index contributed by atoms with van der Waals surface area (Å²) in [5.74, 6) is -0.0533. The monoisotopic (exact) mass is 421 g/mol. The summed E-state index contributed by atoms with van der Waals surface area (Å²) in [6.07, 6.45) is 5.36. The number of hydrogen-bond donors (Lipinski definition) is 1. The fourth-order valence-corrected chi connectivity index (χ4v) is 5.07. The lowest BCUT2D eigenvalue weighted by Gasteiger charge is -2.42. The van der Waals surface area contributed by atoms with E-state index in [0.29, 0.717) is 0 Å². The second-order valence-electron chi connectivity index (χ2n) is 8.11. The lowest BCUT2D eigenvalue weighted by Crippen LogP contribution is -2.52. The number of hydrogen-bond acceptors (Lipinski definition) is 4. The van der Waals surface area contributed by atoms with Crippen molar-refractivity contribution in [3.05, 3.63) is 59.7 Å². The predicted octanol–water partition coefficient (Wildman–Crippen LogP) is 5.73. The summed E-state index contributed by atoms with van der Waals surface area (Å²) in [5.41, 5.74) is 4.01. The van der Waals surface area contributed by atoms with Crippen LogP contribution in [0, 0.1) is 13.8 Å². The van der Waals surface area contributed by atoms with Gasteiger partial charge in [0.25, 0.3) is 0 Å². The van der Waals surface area contributed by atoms with Crippen LogP contribution in [0.4, 0.5) is 11.4 Å². The molecule has 1 saturated carbocycles. The number of aliphatic imine (C=N–C) groups is 2. The molecule has 5 nitrogen and oxygen atoms in total. The third-order valence-corrected chi connectivity index (χ3v) is 6.73. The van der Waals surface area contributed by atoms with Crippen LogP contribution in [0.2, 0.25) is 0 Å². The van der Waals surface area contributed by atoms with Gasteiger partial charge >= 0.3 is 5.97 Å². The molecule has 1 fully saturated rings. The summed E-state index contributed by atoms with van der Waals surface area (Å²) in [6.45, 7) is 4.13. The Bertz CT molecular complexity index is 975. The Balaban J connectivity index is 1.82. The van der Waals surface area contributed by atoms with Gasteiger partial charge in [0.2, 0.25) is 0 Å². The Kier molecular flexibility index (Phi) is 5.95. The first-order chi connectivity index (χ1) is 14.5. The lowest BCUT2D eigenvalue weighted by molar-refractivity contribution is -0.133. The molecule has 2 aliphatic rings. The zero-order valence-electron chi connectivity index (χ0n) is 17.5. The highest BCUT2D eigenvalue weighted by Crippen LogP contribution is 2.44. The van der Waals surface area contributed by atoms with Crippen LogP contribution in [0.25, 0.3) is 0 Å². The van der Waals surface area contributed by atoms with E-state index in [0.717, 1.165) is 48.1 Å². The Morgan fingerprint density at radius 3 is 2.23 bits per heavy atom. The fraction of sp³-hybridized carbons (Fsp3) is 0.375. The van der Waals surface area contributed by atoms with Crippen molar-refractivity contribution < 1.29 is 9.90 Å². The number of carboxylic acids is 1. The molecule has 30 heavy (non-hydrogen) atoms. The maximum atomic E-state index is 11.3. The molecule has 0 amide bonds. The molecule has 1 N–H and O–H groups in total. The number of carbonyl (C=O) groups is 1. The highest BCUT2D eigenvalue weighted by atomic mass is 32.2. The van der Waals surface area contributed by atoms with Gasteiger partial charge in [0.05, 0.1) is 11.4 Å². The van der Waals surface area contributed by atoms with Crippen LogP contribution in [0.15, 0.2) is 58.5 Å². The average molecular weight is 422 g/mol. The first-order valence-electron chi connectivity index (χ1n) is 10.4. The summed E-state index contributed by atoms with van der Waals surface area (Å²) < 4.78 is 0. The summed E-state index contributed by atoms with van der Waals surface area (Å²) >= 11 is 1.28. The van der Waals surface area contributed by atoms with E-state index in [9.17, 15) is 9.90 Å². The van der Waals surface area contributed by atoms with Gasteiger partial charge in [-0.3, -0.25) is 4.79 Å². The van der Waals surface area contributed by atoms with Crippen molar-refractivity contribution in [1.29, 1.82) is 0 Å². The molecule has 6 heteroatoms. The standard InChI is InChI=1S/C24H27N3O2S/c1-17-6-10-19(11-7-17)25-22-24(14-4-3-5-15-24)27(20-12-8-18(2)9-13-20)23(26-22)30-16-21(28)29/h6-13H,3-5,14-16H2,1-2H3,(H,28,29). The molecule has 0 aromatic heterocycles. The number of rotatable bonds is 4. The van der Waals surface area contributed by atoms with E-state index in [-0.39, 0.29) is 11.3 Å². The number of aryl methyl sites for hydroxylation is 2. The number of nitrogens with zero attached hydrogens (tertiary/aromatic N) is 3. The molecule has 0 saturated heterocycles. The molecule has 156 valence electrons. The van der Waals surface area contributed by atoms with Gasteiger partial charge in [0.15, 0.2) is 11.0 Å². The summed E-state index contributed by atoms with van der Waals surface area (Å²) in [7, 11) is 0. The van der Waals surface area contributed by atoms with Gasteiger partial charge in [-0.15, -0.1) is 0 Å².